The summed E-state index contributed by atoms with van der Waals surface area (Å²) in [4.78, 5) is 0. The van der Waals surface area contributed by atoms with Crippen LogP contribution in [0.1, 0.15) is 47.0 Å². The van der Waals surface area contributed by atoms with Crippen LogP contribution < -0.4 is 0 Å². The smallest absolute Gasteiger partial charge is 0.0920 e. The monoisotopic (exact) mass is 212 g/mol. The molecule has 2 nitrogen and oxygen atoms in total. The van der Waals surface area contributed by atoms with Gasteiger partial charge in [-0.15, -0.1) is 0 Å². The molecule has 0 aromatic rings. The fourth-order valence-electron chi connectivity index (χ4n) is 2.09. The molecule has 0 spiro atoms. The average molecular weight is 212 g/mol. The van der Waals surface area contributed by atoms with Crippen molar-refractivity contribution >= 4 is 0 Å². The number of fused-ring (bicyclic) bond motifs is 1. The van der Waals surface area contributed by atoms with Crippen LogP contribution in [0, 0.1) is 5.92 Å². The van der Waals surface area contributed by atoms with Gasteiger partial charge < -0.3 is 9.84 Å². The molecule has 2 fully saturated rings. The van der Waals surface area contributed by atoms with Crippen molar-refractivity contribution in [2.75, 3.05) is 0 Å². The Morgan fingerprint density at radius 2 is 2.07 bits per heavy atom. The lowest BCUT2D eigenvalue weighted by molar-refractivity contribution is 0.216. The first-order chi connectivity index (χ1) is 6.85. The molecule has 0 aromatic carbocycles. The number of aliphatic hydroxyl groups is 1. The summed E-state index contributed by atoms with van der Waals surface area (Å²) in [5.74, 6) is 0.732. The highest BCUT2D eigenvalue weighted by Gasteiger charge is 2.55. The third-order valence-corrected chi connectivity index (χ3v) is 3.22. The number of aliphatic hydroxyl groups excluding tert-OH is 1. The van der Waals surface area contributed by atoms with Gasteiger partial charge >= 0.3 is 0 Å². The Balaban J connectivity index is 0.000000245. The van der Waals surface area contributed by atoms with Gasteiger partial charge in [0.15, 0.2) is 0 Å². The molecular formula is C13H24O2. The minimum absolute atomic E-state index is 0.167. The molecule has 1 N–H and O–H groups in total. The molecule has 1 saturated heterocycles. The Morgan fingerprint density at radius 3 is 2.47 bits per heavy atom. The number of rotatable bonds is 1. The van der Waals surface area contributed by atoms with Crippen LogP contribution in [0.25, 0.3) is 0 Å². The van der Waals surface area contributed by atoms with Crippen molar-refractivity contribution in [2.45, 2.75) is 64.8 Å². The molecule has 2 heteroatoms. The van der Waals surface area contributed by atoms with Gasteiger partial charge in [-0.3, -0.25) is 0 Å². The van der Waals surface area contributed by atoms with Gasteiger partial charge in [0.2, 0.25) is 0 Å². The Hall–Kier alpha value is -0.340. The number of hydrogen-bond donors (Lipinski definition) is 1. The topological polar surface area (TPSA) is 32.8 Å². The van der Waals surface area contributed by atoms with Crippen LogP contribution in [-0.4, -0.2) is 22.9 Å². The summed E-state index contributed by atoms with van der Waals surface area (Å²) in [6, 6.07) is 0. The summed E-state index contributed by atoms with van der Waals surface area (Å²) in [7, 11) is 0. The van der Waals surface area contributed by atoms with Gasteiger partial charge in [0.25, 0.3) is 0 Å². The van der Waals surface area contributed by atoms with Gasteiger partial charge in [0.05, 0.1) is 11.7 Å². The predicted octanol–water partition coefficient (Wildman–Crippen LogP) is 2.91. The van der Waals surface area contributed by atoms with Gasteiger partial charge in [0, 0.05) is 6.10 Å². The summed E-state index contributed by atoms with van der Waals surface area (Å²) in [5.41, 5.74) is 1.61. The zero-order valence-corrected chi connectivity index (χ0v) is 10.4. The second-order valence-corrected chi connectivity index (χ2v) is 5.33. The van der Waals surface area contributed by atoms with Crippen molar-refractivity contribution in [3.05, 3.63) is 12.2 Å². The van der Waals surface area contributed by atoms with E-state index in [1.54, 1.807) is 13.8 Å². The number of allylic oxidation sites excluding steroid dienone is 1. The van der Waals surface area contributed by atoms with Crippen LogP contribution in [0.3, 0.4) is 0 Å². The Morgan fingerprint density at radius 1 is 1.53 bits per heavy atom. The molecule has 1 saturated carbocycles. The predicted molar refractivity (Wildman–Crippen MR) is 62.8 cm³/mol. The second-order valence-electron chi connectivity index (χ2n) is 5.33. The van der Waals surface area contributed by atoms with Crippen molar-refractivity contribution in [3.8, 4) is 0 Å². The van der Waals surface area contributed by atoms with Gasteiger partial charge in [-0.2, -0.15) is 0 Å². The highest BCUT2D eigenvalue weighted by atomic mass is 16.6. The number of hydrogen-bond acceptors (Lipinski definition) is 2. The van der Waals surface area contributed by atoms with Crippen molar-refractivity contribution in [1.29, 1.82) is 0 Å². The molecule has 3 unspecified atom stereocenters. The minimum atomic E-state index is -0.167. The highest BCUT2D eigenvalue weighted by molar-refractivity contribution is 5.10. The maximum atomic E-state index is 8.06. The molecule has 0 amide bonds. The summed E-state index contributed by atoms with van der Waals surface area (Å²) >= 11 is 0. The molecule has 0 radical (unpaired) electrons. The van der Waals surface area contributed by atoms with E-state index in [2.05, 4.69) is 20.4 Å². The zero-order valence-electron chi connectivity index (χ0n) is 10.4. The number of epoxide rings is 1. The Kier molecular flexibility index (Phi) is 3.96. The Labute approximate surface area is 93.3 Å². The first-order valence-electron chi connectivity index (χ1n) is 5.86. The van der Waals surface area contributed by atoms with Crippen molar-refractivity contribution < 1.29 is 9.84 Å². The van der Waals surface area contributed by atoms with Crippen LogP contribution in [-0.2, 0) is 4.74 Å². The quantitative estimate of drug-likeness (QED) is 0.535. The lowest BCUT2D eigenvalue weighted by Gasteiger charge is -2.22. The molecule has 3 atom stereocenters. The first kappa shape index (κ1) is 12.7. The van der Waals surface area contributed by atoms with E-state index in [1.807, 2.05) is 0 Å². The zero-order chi connectivity index (χ0) is 11.6. The van der Waals surface area contributed by atoms with E-state index in [4.69, 9.17) is 9.84 Å². The van der Waals surface area contributed by atoms with Gasteiger partial charge in [-0.05, 0) is 52.9 Å². The van der Waals surface area contributed by atoms with Crippen LogP contribution in [0.2, 0.25) is 0 Å². The average Bonchev–Trinajstić information content (AvgIpc) is 2.73. The standard InChI is InChI=1S/C10H16O.C3H8O/c1-7(2)8-4-5-10(3)9(6-8)11-10;1-3(2)4/h8-9H,1,4-6H2,2-3H3;3-4H,1-2H3. The SMILES string of the molecule is C=C(C)C1CCC2(C)OC2C1.CC(C)O. The maximum absolute atomic E-state index is 8.06. The van der Waals surface area contributed by atoms with E-state index in [0.717, 1.165) is 5.92 Å². The molecule has 1 aliphatic heterocycles. The molecule has 1 aliphatic carbocycles. The van der Waals surface area contributed by atoms with E-state index < -0.39 is 0 Å². The van der Waals surface area contributed by atoms with E-state index in [-0.39, 0.29) is 11.7 Å². The molecule has 15 heavy (non-hydrogen) atoms. The Bertz CT molecular complexity index is 232. The van der Waals surface area contributed by atoms with Crippen LogP contribution in [0.15, 0.2) is 12.2 Å². The highest BCUT2D eigenvalue weighted by Crippen LogP contribution is 2.50. The van der Waals surface area contributed by atoms with Gasteiger partial charge in [-0.25, -0.2) is 0 Å². The second kappa shape index (κ2) is 4.67. The minimum Gasteiger partial charge on any atom is -0.394 e. The van der Waals surface area contributed by atoms with Crippen LogP contribution in [0.4, 0.5) is 0 Å². The van der Waals surface area contributed by atoms with E-state index in [9.17, 15) is 0 Å². The van der Waals surface area contributed by atoms with Crippen LogP contribution in [0.5, 0.6) is 0 Å². The van der Waals surface area contributed by atoms with E-state index in [1.165, 1.54) is 24.8 Å². The maximum Gasteiger partial charge on any atom is 0.0920 e. The molecule has 0 bridgehead atoms. The molecular weight excluding hydrogens is 188 g/mol. The molecule has 88 valence electrons. The van der Waals surface area contributed by atoms with Crippen molar-refractivity contribution in [3.63, 3.8) is 0 Å². The lowest BCUT2D eigenvalue weighted by Crippen LogP contribution is -2.21. The molecule has 1 heterocycles. The fraction of sp³-hybridized carbons (Fsp3) is 0.846. The summed E-state index contributed by atoms with van der Waals surface area (Å²) in [6.45, 7) is 11.8. The lowest BCUT2D eigenvalue weighted by atomic mass is 9.80. The molecule has 2 rings (SSSR count). The summed E-state index contributed by atoms with van der Waals surface area (Å²) in [5, 5.41) is 8.06. The summed E-state index contributed by atoms with van der Waals surface area (Å²) < 4.78 is 5.60. The van der Waals surface area contributed by atoms with Crippen molar-refractivity contribution in [1.82, 2.24) is 0 Å². The third kappa shape index (κ3) is 3.62. The van der Waals surface area contributed by atoms with Crippen LogP contribution >= 0.6 is 0 Å². The van der Waals surface area contributed by atoms with Gasteiger partial charge in [-0.1, -0.05) is 12.2 Å². The normalized spacial score (nSPS) is 37.7. The summed E-state index contributed by atoms with van der Waals surface area (Å²) in [6.07, 6.45) is 4.11. The third-order valence-electron chi connectivity index (χ3n) is 3.22. The largest absolute Gasteiger partial charge is 0.394 e. The molecule has 2 aliphatic rings. The molecule has 0 aromatic heterocycles. The fourth-order valence-corrected chi connectivity index (χ4v) is 2.09. The first-order valence-corrected chi connectivity index (χ1v) is 5.86. The van der Waals surface area contributed by atoms with E-state index in [0.29, 0.717) is 6.10 Å². The van der Waals surface area contributed by atoms with E-state index >= 15 is 0 Å². The van der Waals surface area contributed by atoms with Crippen molar-refractivity contribution in [2.24, 2.45) is 5.92 Å². The number of ether oxygens (including phenoxy) is 1. The van der Waals surface area contributed by atoms with Gasteiger partial charge in [0.1, 0.15) is 0 Å².